The molecule has 0 atom stereocenters. The van der Waals surface area contributed by atoms with E-state index in [2.05, 4.69) is 0 Å². The van der Waals surface area contributed by atoms with Crippen molar-refractivity contribution < 1.29 is 13.2 Å². The van der Waals surface area contributed by atoms with Gasteiger partial charge in [-0.15, -0.1) is 0 Å². The van der Waals surface area contributed by atoms with Crippen LogP contribution in [-0.4, -0.2) is 39.0 Å². The lowest BCUT2D eigenvalue weighted by atomic mass is 10.2. The van der Waals surface area contributed by atoms with Crippen LogP contribution in [0.25, 0.3) is 0 Å². The fourth-order valence-corrected chi connectivity index (χ4v) is 3.18. The number of morpholine rings is 1. The molecule has 1 aromatic rings. The van der Waals surface area contributed by atoms with Crippen molar-refractivity contribution in [2.75, 3.05) is 32.0 Å². The Bertz CT molecular complexity index is 586. The van der Waals surface area contributed by atoms with Gasteiger partial charge >= 0.3 is 0 Å². The maximum Gasteiger partial charge on any atom is 0.243 e. The molecule has 0 saturated carbocycles. The number of nitrogens with two attached hydrogens (primary N) is 1. The SMILES string of the molecule is N#Cc1ccc(S(=O)(=O)N2CCOCC2)cc1N. The van der Waals surface area contributed by atoms with E-state index in [1.54, 1.807) is 0 Å². The van der Waals surface area contributed by atoms with Crippen LogP contribution < -0.4 is 5.73 Å². The molecule has 96 valence electrons. The Hall–Kier alpha value is -1.62. The van der Waals surface area contributed by atoms with Gasteiger partial charge in [-0.2, -0.15) is 9.57 Å². The first-order valence-corrected chi connectivity index (χ1v) is 6.87. The van der Waals surface area contributed by atoms with Crippen LogP contribution in [-0.2, 0) is 14.8 Å². The Morgan fingerprint density at radius 1 is 1.33 bits per heavy atom. The molecule has 0 aliphatic carbocycles. The molecule has 0 radical (unpaired) electrons. The van der Waals surface area contributed by atoms with Crippen molar-refractivity contribution in [3.8, 4) is 6.07 Å². The molecular formula is C11H13N3O3S. The van der Waals surface area contributed by atoms with E-state index < -0.39 is 10.0 Å². The summed E-state index contributed by atoms with van der Waals surface area (Å²) in [5, 5.41) is 8.75. The fraction of sp³-hybridized carbons (Fsp3) is 0.364. The summed E-state index contributed by atoms with van der Waals surface area (Å²) in [6.45, 7) is 1.46. The van der Waals surface area contributed by atoms with E-state index >= 15 is 0 Å². The molecule has 18 heavy (non-hydrogen) atoms. The van der Waals surface area contributed by atoms with Crippen LogP contribution in [0.3, 0.4) is 0 Å². The van der Waals surface area contributed by atoms with Crippen LogP contribution in [0.2, 0.25) is 0 Å². The highest BCUT2D eigenvalue weighted by Gasteiger charge is 2.26. The van der Waals surface area contributed by atoms with E-state index in [0.29, 0.717) is 26.3 Å². The van der Waals surface area contributed by atoms with E-state index in [1.165, 1.54) is 22.5 Å². The summed E-state index contributed by atoms with van der Waals surface area (Å²) in [5.41, 5.74) is 6.07. The number of ether oxygens (including phenoxy) is 1. The molecule has 1 aliphatic rings. The first-order valence-electron chi connectivity index (χ1n) is 5.43. The molecular weight excluding hydrogens is 254 g/mol. The van der Waals surface area contributed by atoms with Crippen LogP contribution >= 0.6 is 0 Å². The van der Waals surface area contributed by atoms with Crippen LogP contribution in [0.4, 0.5) is 5.69 Å². The number of benzene rings is 1. The Labute approximate surface area is 106 Å². The first-order chi connectivity index (χ1) is 8.55. The zero-order valence-electron chi connectivity index (χ0n) is 9.67. The predicted molar refractivity (Wildman–Crippen MR) is 65.1 cm³/mol. The van der Waals surface area contributed by atoms with Gasteiger partial charge in [0.15, 0.2) is 0 Å². The van der Waals surface area contributed by atoms with Crippen molar-refractivity contribution in [3.05, 3.63) is 23.8 Å². The molecule has 6 nitrogen and oxygen atoms in total. The average Bonchev–Trinajstić information content (AvgIpc) is 2.39. The van der Waals surface area contributed by atoms with Gasteiger partial charge in [0.2, 0.25) is 10.0 Å². The van der Waals surface area contributed by atoms with Gasteiger partial charge in [0, 0.05) is 13.1 Å². The molecule has 1 saturated heterocycles. The predicted octanol–water partition coefficient (Wildman–Crippen LogP) is 0.161. The number of rotatable bonds is 2. The van der Waals surface area contributed by atoms with Crippen molar-refractivity contribution in [2.24, 2.45) is 0 Å². The molecule has 1 heterocycles. The quantitative estimate of drug-likeness (QED) is 0.770. The second-order valence-electron chi connectivity index (χ2n) is 3.88. The highest BCUT2D eigenvalue weighted by atomic mass is 32.2. The van der Waals surface area contributed by atoms with Crippen molar-refractivity contribution in [1.29, 1.82) is 5.26 Å². The largest absolute Gasteiger partial charge is 0.398 e. The van der Waals surface area contributed by atoms with Gasteiger partial charge in [-0.1, -0.05) is 0 Å². The Morgan fingerprint density at radius 3 is 2.56 bits per heavy atom. The standard InChI is InChI=1S/C11H13N3O3S/c12-8-9-1-2-10(7-11(9)13)18(15,16)14-3-5-17-6-4-14/h1-2,7H,3-6,13H2. The number of nitrogens with zero attached hydrogens (tertiary/aromatic N) is 2. The minimum atomic E-state index is -3.55. The minimum Gasteiger partial charge on any atom is -0.398 e. The monoisotopic (exact) mass is 267 g/mol. The van der Waals surface area contributed by atoms with E-state index in [1.807, 2.05) is 6.07 Å². The smallest absolute Gasteiger partial charge is 0.243 e. The van der Waals surface area contributed by atoms with Crippen LogP contribution in [0.15, 0.2) is 23.1 Å². The van der Waals surface area contributed by atoms with E-state index in [4.69, 9.17) is 15.7 Å². The lowest BCUT2D eigenvalue weighted by Crippen LogP contribution is -2.40. The number of hydrogen-bond donors (Lipinski definition) is 1. The molecule has 2 N–H and O–H groups in total. The highest BCUT2D eigenvalue weighted by Crippen LogP contribution is 2.21. The number of nitrogen functional groups attached to an aromatic ring is 1. The van der Waals surface area contributed by atoms with E-state index in [0.717, 1.165) is 0 Å². The van der Waals surface area contributed by atoms with Crippen molar-refractivity contribution >= 4 is 15.7 Å². The topological polar surface area (TPSA) is 96.4 Å². The van der Waals surface area contributed by atoms with Crippen LogP contribution in [0.1, 0.15) is 5.56 Å². The number of nitriles is 1. The van der Waals surface area contributed by atoms with Crippen molar-refractivity contribution in [3.63, 3.8) is 0 Å². The molecule has 2 rings (SSSR count). The second-order valence-corrected chi connectivity index (χ2v) is 5.82. The third kappa shape index (κ3) is 2.31. The molecule has 1 fully saturated rings. The maximum atomic E-state index is 12.3. The van der Waals surface area contributed by atoms with Gasteiger partial charge in [0.25, 0.3) is 0 Å². The summed E-state index contributed by atoms with van der Waals surface area (Å²) < 4.78 is 31.0. The third-order valence-electron chi connectivity index (χ3n) is 2.75. The Kier molecular flexibility index (Phi) is 3.52. The molecule has 0 bridgehead atoms. The van der Waals surface area contributed by atoms with Gasteiger partial charge in [-0.25, -0.2) is 8.42 Å². The zero-order valence-corrected chi connectivity index (χ0v) is 10.5. The molecule has 0 spiro atoms. The summed E-state index contributed by atoms with van der Waals surface area (Å²) in [6.07, 6.45) is 0. The lowest BCUT2D eigenvalue weighted by Gasteiger charge is -2.26. The number of hydrogen-bond acceptors (Lipinski definition) is 5. The molecule has 7 heteroatoms. The lowest BCUT2D eigenvalue weighted by molar-refractivity contribution is 0.0730. The Morgan fingerprint density at radius 2 is 2.00 bits per heavy atom. The summed E-state index contributed by atoms with van der Waals surface area (Å²) in [7, 11) is -3.55. The summed E-state index contributed by atoms with van der Waals surface area (Å²) in [4.78, 5) is 0.112. The maximum absolute atomic E-state index is 12.3. The van der Waals surface area contributed by atoms with E-state index in [9.17, 15) is 8.42 Å². The van der Waals surface area contributed by atoms with E-state index in [-0.39, 0.29) is 16.1 Å². The van der Waals surface area contributed by atoms with Crippen molar-refractivity contribution in [2.45, 2.75) is 4.90 Å². The molecule has 1 aromatic carbocycles. The molecule has 0 amide bonds. The van der Waals surface area contributed by atoms with Gasteiger partial charge in [0.1, 0.15) is 6.07 Å². The summed E-state index contributed by atoms with van der Waals surface area (Å²) >= 11 is 0. The minimum absolute atomic E-state index is 0.112. The second kappa shape index (κ2) is 4.94. The Balaban J connectivity index is 2.35. The highest BCUT2D eigenvalue weighted by molar-refractivity contribution is 7.89. The normalized spacial score (nSPS) is 17.3. The summed E-state index contributed by atoms with van der Waals surface area (Å²) in [5.74, 6) is 0. The van der Waals surface area contributed by atoms with Gasteiger partial charge in [0.05, 0.1) is 29.4 Å². The molecule has 0 aromatic heterocycles. The average molecular weight is 267 g/mol. The number of anilines is 1. The molecule has 1 aliphatic heterocycles. The van der Waals surface area contributed by atoms with Crippen LogP contribution in [0, 0.1) is 11.3 Å². The summed E-state index contributed by atoms with van der Waals surface area (Å²) in [6, 6.07) is 6.04. The number of sulfonamides is 1. The third-order valence-corrected chi connectivity index (χ3v) is 4.65. The van der Waals surface area contributed by atoms with Gasteiger partial charge < -0.3 is 10.5 Å². The molecule has 0 unspecified atom stereocenters. The zero-order chi connectivity index (χ0) is 13.2. The van der Waals surface area contributed by atoms with Crippen molar-refractivity contribution in [1.82, 2.24) is 4.31 Å². The van der Waals surface area contributed by atoms with Crippen LogP contribution in [0.5, 0.6) is 0 Å². The first kappa shape index (κ1) is 12.8. The fourth-order valence-electron chi connectivity index (χ4n) is 1.74. The van der Waals surface area contributed by atoms with Gasteiger partial charge in [-0.3, -0.25) is 0 Å². The van der Waals surface area contributed by atoms with Gasteiger partial charge in [-0.05, 0) is 18.2 Å².